The highest BCUT2D eigenvalue weighted by atomic mass is 35.5. The predicted octanol–water partition coefficient (Wildman–Crippen LogP) is 3.13. The summed E-state index contributed by atoms with van der Waals surface area (Å²) in [5.41, 5.74) is 1.52. The molecule has 2 heterocycles. The van der Waals surface area contributed by atoms with Crippen LogP contribution in [0.25, 0.3) is 0 Å². The number of hydrogen-bond acceptors (Lipinski definition) is 6. The monoisotopic (exact) mass is 502 g/mol. The fraction of sp³-hybridized carbons (Fsp3) is 0.708. The maximum atomic E-state index is 12.0. The van der Waals surface area contributed by atoms with Crippen LogP contribution in [0.4, 0.5) is 0 Å². The van der Waals surface area contributed by atoms with Gasteiger partial charge in [0.25, 0.3) is 0 Å². The number of benzene rings is 1. The van der Waals surface area contributed by atoms with Gasteiger partial charge in [-0.2, -0.15) is 0 Å². The molecule has 1 aromatic carbocycles. The number of piperidine rings is 1. The number of likely N-dealkylation sites (N-methyl/N-ethyl adjacent to an activating group) is 1. The minimum atomic E-state index is -0.821. The van der Waals surface area contributed by atoms with Gasteiger partial charge in [-0.3, -0.25) is 10.1 Å². The molecule has 2 aliphatic carbocycles. The number of carboxylic acids is 1. The predicted molar refractivity (Wildman–Crippen MR) is 130 cm³/mol. The first-order valence-corrected chi connectivity index (χ1v) is 11.5. The van der Waals surface area contributed by atoms with Crippen LogP contribution in [0.1, 0.15) is 50.7 Å². The highest BCUT2D eigenvalue weighted by Crippen LogP contribution is 2.66. The van der Waals surface area contributed by atoms with Crippen LogP contribution in [0.2, 0.25) is 0 Å². The highest BCUT2D eigenvalue weighted by Gasteiger charge is 2.73. The summed E-state index contributed by atoms with van der Waals surface area (Å²) in [6.07, 6.45) is 3.63. The van der Waals surface area contributed by atoms with Gasteiger partial charge in [0.2, 0.25) is 0 Å². The Morgan fingerprint density at radius 1 is 1.33 bits per heavy atom. The molecule has 0 radical (unpaired) electrons. The Hall–Kier alpha value is -1.25. The van der Waals surface area contributed by atoms with Gasteiger partial charge >= 0.3 is 5.97 Å². The number of nitrogens with one attached hydrogen (secondary N) is 1. The van der Waals surface area contributed by atoms with Crippen molar-refractivity contribution in [2.24, 2.45) is 5.92 Å². The Balaban J connectivity index is 0.00000153. The van der Waals surface area contributed by atoms with Gasteiger partial charge in [-0.1, -0.05) is 19.9 Å². The lowest BCUT2D eigenvalue weighted by molar-refractivity contribution is -0.204. The fourth-order valence-corrected chi connectivity index (χ4v) is 7.28. The zero-order valence-electron chi connectivity index (χ0n) is 19.7. The van der Waals surface area contributed by atoms with Crippen molar-refractivity contribution in [2.45, 2.75) is 81.2 Å². The molecule has 1 saturated heterocycles. The molecule has 6 atom stereocenters. The number of aromatic hydroxyl groups is 1. The van der Waals surface area contributed by atoms with Crippen molar-refractivity contribution in [3.63, 3.8) is 0 Å². The van der Waals surface area contributed by atoms with Crippen LogP contribution in [-0.2, 0) is 21.4 Å². The van der Waals surface area contributed by atoms with Crippen LogP contribution in [0.3, 0.4) is 0 Å². The molecule has 2 bridgehead atoms. The van der Waals surface area contributed by atoms with Crippen molar-refractivity contribution in [1.29, 1.82) is 0 Å². The van der Waals surface area contributed by atoms with Gasteiger partial charge < -0.3 is 24.6 Å². The molecule has 0 aromatic heterocycles. The Kier molecular flexibility index (Phi) is 7.25. The zero-order chi connectivity index (χ0) is 22.1. The van der Waals surface area contributed by atoms with Crippen molar-refractivity contribution in [1.82, 2.24) is 10.2 Å². The van der Waals surface area contributed by atoms with Crippen molar-refractivity contribution in [3.8, 4) is 11.5 Å². The standard InChI is InChI=1S/C24H34N2O5.2ClH/c1-13(2)11-16(22(28)29)25-15-7-8-24(30-4)18-12-14-5-6-17(27)20-19(14)23(24,21(15)31-20)9-10-26(18)3;;/h5-6,13,15-16,18,21,25,27H,7-12H2,1-4H3,(H,28,29);2*1H/t15?,16-,18+,21?,23-,24+;;/m0../s1. The number of carbonyl (C=O) groups is 1. The molecule has 0 amide bonds. The normalized spacial score (nSPS) is 34.5. The van der Waals surface area contributed by atoms with E-state index >= 15 is 0 Å². The number of methoxy groups -OCH3 is 1. The number of phenols is 1. The number of nitrogens with zero attached hydrogens (tertiary/aromatic N) is 1. The third-order valence-electron chi connectivity index (χ3n) is 8.47. The number of rotatable bonds is 6. The number of ether oxygens (including phenoxy) is 2. The quantitative estimate of drug-likeness (QED) is 0.550. The largest absolute Gasteiger partial charge is 0.504 e. The molecule has 9 heteroatoms. The molecule has 2 fully saturated rings. The molecule has 5 rings (SSSR count). The van der Waals surface area contributed by atoms with E-state index < -0.39 is 23.0 Å². The molecule has 33 heavy (non-hydrogen) atoms. The van der Waals surface area contributed by atoms with E-state index in [1.807, 2.05) is 27.0 Å². The number of aliphatic carboxylic acids is 1. The van der Waals surface area contributed by atoms with Crippen molar-refractivity contribution >= 4 is 30.8 Å². The van der Waals surface area contributed by atoms with Gasteiger partial charge in [0, 0.05) is 24.8 Å². The summed E-state index contributed by atoms with van der Waals surface area (Å²) in [4.78, 5) is 14.4. The maximum absolute atomic E-state index is 12.0. The summed E-state index contributed by atoms with van der Waals surface area (Å²) < 4.78 is 13.0. The Morgan fingerprint density at radius 3 is 2.70 bits per heavy atom. The van der Waals surface area contributed by atoms with Crippen LogP contribution in [0.15, 0.2) is 12.1 Å². The lowest BCUT2D eigenvalue weighted by atomic mass is 9.48. The van der Waals surface area contributed by atoms with Gasteiger partial charge in [-0.25, -0.2) is 0 Å². The highest BCUT2D eigenvalue weighted by molar-refractivity contribution is 5.85. The van der Waals surface area contributed by atoms with Crippen molar-refractivity contribution < 1.29 is 24.5 Å². The number of hydrogen-bond donors (Lipinski definition) is 3. The average Bonchev–Trinajstić information content (AvgIpc) is 3.08. The number of carboxylic acid groups (broad SMARTS) is 1. The number of halogens is 2. The van der Waals surface area contributed by atoms with Gasteiger partial charge in [0.15, 0.2) is 11.5 Å². The van der Waals surface area contributed by atoms with Gasteiger partial charge in [-0.15, -0.1) is 24.8 Å². The Labute approximate surface area is 208 Å². The third-order valence-corrected chi connectivity index (χ3v) is 8.47. The molecule has 3 N–H and O–H groups in total. The molecule has 4 aliphatic rings. The number of phenolic OH excluding ortho intramolecular Hbond substituents is 1. The number of likely N-dealkylation sites (tertiary alicyclic amines) is 1. The summed E-state index contributed by atoms with van der Waals surface area (Å²) in [6.45, 7) is 5.01. The topological polar surface area (TPSA) is 91.3 Å². The van der Waals surface area contributed by atoms with E-state index in [1.165, 1.54) is 5.56 Å². The van der Waals surface area contributed by atoms with Crippen LogP contribution in [-0.4, -0.2) is 71.6 Å². The van der Waals surface area contributed by atoms with E-state index in [0.29, 0.717) is 12.2 Å². The van der Waals surface area contributed by atoms with E-state index in [1.54, 1.807) is 6.07 Å². The van der Waals surface area contributed by atoms with Crippen LogP contribution in [0, 0.1) is 5.92 Å². The third kappa shape index (κ3) is 3.46. The minimum Gasteiger partial charge on any atom is -0.504 e. The summed E-state index contributed by atoms with van der Waals surface area (Å²) in [7, 11) is 3.98. The van der Waals surface area contributed by atoms with E-state index in [2.05, 4.69) is 17.3 Å². The second-order valence-corrected chi connectivity index (χ2v) is 10.3. The molecule has 2 unspecified atom stereocenters. The fourth-order valence-electron chi connectivity index (χ4n) is 7.28. The Morgan fingerprint density at radius 2 is 2.06 bits per heavy atom. The molecule has 1 spiro atoms. The van der Waals surface area contributed by atoms with Crippen LogP contribution in [0.5, 0.6) is 11.5 Å². The maximum Gasteiger partial charge on any atom is 0.320 e. The minimum absolute atomic E-state index is 0. The first-order chi connectivity index (χ1) is 14.7. The van der Waals surface area contributed by atoms with E-state index in [0.717, 1.165) is 37.8 Å². The molecule has 2 aliphatic heterocycles. The summed E-state index contributed by atoms with van der Waals surface area (Å²) >= 11 is 0. The summed E-state index contributed by atoms with van der Waals surface area (Å²) in [5.74, 6) is 0.198. The first kappa shape index (κ1) is 26.4. The molecule has 7 nitrogen and oxygen atoms in total. The second kappa shape index (κ2) is 9.08. The van der Waals surface area contributed by atoms with Gasteiger partial charge in [0.1, 0.15) is 12.1 Å². The molecular formula is C24H36Cl2N2O5. The van der Waals surface area contributed by atoms with Crippen LogP contribution >= 0.6 is 24.8 Å². The lowest BCUT2D eigenvalue weighted by Crippen LogP contribution is -2.78. The molecule has 186 valence electrons. The van der Waals surface area contributed by atoms with Crippen LogP contribution < -0.4 is 10.1 Å². The Bertz CT molecular complexity index is 915. The molecule has 1 saturated carbocycles. The molecular weight excluding hydrogens is 467 g/mol. The zero-order valence-corrected chi connectivity index (χ0v) is 21.3. The lowest BCUT2D eigenvalue weighted by Gasteiger charge is -2.65. The average molecular weight is 503 g/mol. The van der Waals surface area contributed by atoms with Gasteiger partial charge in [0.05, 0.1) is 11.0 Å². The van der Waals surface area contributed by atoms with Crippen molar-refractivity contribution in [3.05, 3.63) is 23.3 Å². The second-order valence-electron chi connectivity index (χ2n) is 10.3. The van der Waals surface area contributed by atoms with Gasteiger partial charge in [-0.05, 0) is 63.2 Å². The summed E-state index contributed by atoms with van der Waals surface area (Å²) in [6, 6.07) is 3.25. The smallest absolute Gasteiger partial charge is 0.320 e. The van der Waals surface area contributed by atoms with E-state index in [4.69, 9.17) is 9.47 Å². The SMILES string of the molecule is CO[C@@]12CCC(N[C@@H](CC(C)C)C(=O)O)C3Oc4c(O)ccc5c4[C@@]31CCN(C)[C@@H]2C5.Cl.Cl. The van der Waals surface area contributed by atoms with Crippen molar-refractivity contribution in [2.75, 3.05) is 20.7 Å². The molecule has 1 aromatic rings. The first-order valence-electron chi connectivity index (χ1n) is 11.5. The van der Waals surface area contributed by atoms with E-state index in [9.17, 15) is 15.0 Å². The summed E-state index contributed by atoms with van der Waals surface area (Å²) in [5, 5.41) is 24.0. The van der Waals surface area contributed by atoms with E-state index in [-0.39, 0.29) is 54.7 Å².